The minimum atomic E-state index is -3.03. The third kappa shape index (κ3) is 5.55. The number of hydrogen-bond donors (Lipinski definition) is 1. The van der Waals surface area contributed by atoms with Crippen LogP contribution in [0.2, 0.25) is 0 Å². The van der Waals surface area contributed by atoms with Crippen molar-refractivity contribution < 1.29 is 13.2 Å². The maximum Gasteiger partial charge on any atom is 0.230 e. The van der Waals surface area contributed by atoms with E-state index in [1.807, 2.05) is 59.2 Å². The molecule has 1 fully saturated rings. The van der Waals surface area contributed by atoms with Gasteiger partial charge < -0.3 is 5.32 Å². The second-order valence-electron chi connectivity index (χ2n) is 7.31. The number of rotatable bonds is 7. The summed E-state index contributed by atoms with van der Waals surface area (Å²) in [7, 11) is -3.03. The predicted octanol–water partition coefficient (Wildman–Crippen LogP) is 3.15. The van der Waals surface area contributed by atoms with Crippen LogP contribution in [0.5, 0.6) is 0 Å². The largest absolute Gasteiger partial charge is 0.352 e. The minimum absolute atomic E-state index is 0.0137. The maximum atomic E-state index is 12.4. The smallest absolute Gasteiger partial charge is 0.230 e. The predicted molar refractivity (Wildman–Crippen MR) is 125 cm³/mol. The number of halogens is 1. The Morgan fingerprint density at radius 1 is 1.13 bits per heavy atom. The molecule has 7 nitrogen and oxygen atoms in total. The van der Waals surface area contributed by atoms with Gasteiger partial charge in [-0.2, -0.15) is 0 Å². The van der Waals surface area contributed by atoms with Gasteiger partial charge in [0.1, 0.15) is 0 Å². The number of hydrogen-bond acceptors (Lipinski definition) is 6. The van der Waals surface area contributed by atoms with Crippen LogP contribution in [0.4, 0.5) is 0 Å². The molecule has 0 radical (unpaired) electrons. The average Bonchev–Trinajstić information content (AvgIpc) is 3.30. The molecule has 0 bridgehead atoms. The van der Waals surface area contributed by atoms with Crippen molar-refractivity contribution >= 4 is 43.4 Å². The number of sulfone groups is 1. The maximum absolute atomic E-state index is 12.4. The third-order valence-electron chi connectivity index (χ3n) is 4.95. The first kappa shape index (κ1) is 22.0. The summed E-state index contributed by atoms with van der Waals surface area (Å²) in [5.74, 6) is 0.787. The van der Waals surface area contributed by atoms with E-state index in [4.69, 9.17) is 0 Å². The zero-order chi connectivity index (χ0) is 21.8. The molecule has 1 atom stereocenters. The summed E-state index contributed by atoms with van der Waals surface area (Å²) < 4.78 is 26.1. The number of aromatic nitrogens is 3. The van der Waals surface area contributed by atoms with Crippen molar-refractivity contribution in [3.05, 3.63) is 64.6 Å². The molecule has 162 valence electrons. The van der Waals surface area contributed by atoms with Crippen molar-refractivity contribution in [2.45, 2.75) is 24.2 Å². The number of carbonyl (C=O) groups excluding carboxylic acids is 1. The zero-order valence-electron chi connectivity index (χ0n) is 16.6. The molecule has 0 spiro atoms. The van der Waals surface area contributed by atoms with Crippen LogP contribution < -0.4 is 5.32 Å². The van der Waals surface area contributed by atoms with Crippen LogP contribution in [-0.4, -0.2) is 52.4 Å². The first-order chi connectivity index (χ1) is 14.9. The molecule has 1 aliphatic rings. The lowest BCUT2D eigenvalue weighted by molar-refractivity contribution is -0.119. The Kier molecular flexibility index (Phi) is 6.78. The van der Waals surface area contributed by atoms with Gasteiger partial charge in [0.2, 0.25) is 5.91 Å². The van der Waals surface area contributed by atoms with Crippen LogP contribution in [0.15, 0.2) is 64.2 Å². The Labute approximate surface area is 193 Å². The van der Waals surface area contributed by atoms with E-state index < -0.39 is 9.84 Å². The number of carbonyl (C=O) groups is 1. The summed E-state index contributed by atoms with van der Waals surface area (Å²) in [5, 5.41) is 12.2. The normalized spacial score (nSPS) is 17.5. The van der Waals surface area contributed by atoms with Crippen molar-refractivity contribution in [3.63, 3.8) is 0 Å². The number of nitrogens with one attached hydrogen (secondary N) is 1. The molecule has 1 aliphatic heterocycles. The third-order valence-corrected chi connectivity index (χ3v) is 8.37. The topological polar surface area (TPSA) is 93.9 Å². The van der Waals surface area contributed by atoms with E-state index >= 15 is 0 Å². The molecule has 0 saturated carbocycles. The molecular weight excluding hydrogens is 500 g/mol. The zero-order valence-corrected chi connectivity index (χ0v) is 19.8. The van der Waals surface area contributed by atoms with Gasteiger partial charge >= 0.3 is 0 Å². The van der Waals surface area contributed by atoms with Gasteiger partial charge in [-0.05, 0) is 18.1 Å². The molecule has 2 aromatic carbocycles. The van der Waals surface area contributed by atoms with Crippen molar-refractivity contribution in [3.8, 4) is 11.4 Å². The SMILES string of the molecule is O=C(CSc1nnc(-c2ccccc2Br)n1Cc1ccccc1)N[C@H]1CCS(=O)(=O)C1. The quantitative estimate of drug-likeness (QED) is 0.481. The summed E-state index contributed by atoms with van der Waals surface area (Å²) in [6, 6.07) is 17.5. The van der Waals surface area contributed by atoms with E-state index in [2.05, 4.69) is 31.4 Å². The molecule has 10 heteroatoms. The number of amides is 1. The van der Waals surface area contributed by atoms with Crippen LogP contribution in [0.25, 0.3) is 11.4 Å². The standard InChI is InChI=1S/C21H21BrN4O3S2/c22-18-9-5-4-8-17(18)20-24-25-21(26(20)12-15-6-2-1-3-7-15)30-13-19(27)23-16-10-11-31(28,29)14-16/h1-9,16H,10-14H2,(H,23,27)/t16-/m0/s1. The lowest BCUT2D eigenvalue weighted by Crippen LogP contribution is -2.36. The van der Waals surface area contributed by atoms with Crippen molar-refractivity contribution in [2.24, 2.45) is 0 Å². The van der Waals surface area contributed by atoms with Crippen molar-refractivity contribution in [1.29, 1.82) is 0 Å². The molecular formula is C21H21BrN4O3S2. The highest BCUT2D eigenvalue weighted by Crippen LogP contribution is 2.30. The summed E-state index contributed by atoms with van der Waals surface area (Å²) >= 11 is 4.87. The van der Waals surface area contributed by atoms with Crippen LogP contribution in [0, 0.1) is 0 Å². The average molecular weight is 521 g/mol. The van der Waals surface area contributed by atoms with Crippen LogP contribution in [-0.2, 0) is 21.2 Å². The van der Waals surface area contributed by atoms with Crippen molar-refractivity contribution in [2.75, 3.05) is 17.3 Å². The second kappa shape index (κ2) is 9.54. The van der Waals surface area contributed by atoms with Crippen LogP contribution in [0.1, 0.15) is 12.0 Å². The fourth-order valence-corrected chi connectivity index (χ4v) is 6.34. The summed E-state index contributed by atoms with van der Waals surface area (Å²) in [6.45, 7) is 0.565. The first-order valence-corrected chi connectivity index (χ1v) is 13.4. The Balaban J connectivity index is 1.53. The summed E-state index contributed by atoms with van der Waals surface area (Å²) in [4.78, 5) is 12.4. The monoisotopic (exact) mass is 520 g/mol. The number of thioether (sulfide) groups is 1. The molecule has 2 heterocycles. The number of benzene rings is 2. The highest BCUT2D eigenvalue weighted by atomic mass is 79.9. The van der Waals surface area contributed by atoms with Gasteiger partial charge in [-0.3, -0.25) is 9.36 Å². The Morgan fingerprint density at radius 3 is 2.58 bits per heavy atom. The molecule has 3 aromatic rings. The van der Waals surface area contributed by atoms with Gasteiger partial charge in [0.25, 0.3) is 0 Å². The van der Waals surface area contributed by atoms with Crippen LogP contribution >= 0.6 is 27.7 Å². The Bertz CT molecular complexity index is 1180. The minimum Gasteiger partial charge on any atom is -0.352 e. The van der Waals surface area contributed by atoms with Crippen LogP contribution in [0.3, 0.4) is 0 Å². The molecule has 0 aliphatic carbocycles. The van der Waals surface area contributed by atoms with E-state index in [1.54, 1.807) is 0 Å². The lowest BCUT2D eigenvalue weighted by atomic mass is 10.2. The van der Waals surface area contributed by atoms with E-state index in [0.717, 1.165) is 15.6 Å². The van der Waals surface area contributed by atoms with Crippen molar-refractivity contribution in [1.82, 2.24) is 20.1 Å². The highest BCUT2D eigenvalue weighted by Gasteiger charge is 2.29. The van der Waals surface area contributed by atoms with Gasteiger partial charge in [0, 0.05) is 16.1 Å². The van der Waals surface area contributed by atoms with Gasteiger partial charge in [-0.1, -0.05) is 76.2 Å². The second-order valence-corrected chi connectivity index (χ2v) is 11.3. The molecule has 0 unspecified atom stereocenters. The molecule has 1 saturated heterocycles. The summed E-state index contributed by atoms with van der Waals surface area (Å²) in [6.07, 6.45) is 0.467. The van der Waals surface area contributed by atoms with Gasteiger partial charge in [0.15, 0.2) is 20.8 Å². The Morgan fingerprint density at radius 2 is 1.87 bits per heavy atom. The highest BCUT2D eigenvalue weighted by molar-refractivity contribution is 9.10. The number of nitrogens with zero attached hydrogens (tertiary/aromatic N) is 3. The molecule has 1 N–H and O–H groups in total. The van der Waals surface area contributed by atoms with E-state index in [9.17, 15) is 13.2 Å². The van der Waals surface area contributed by atoms with E-state index in [-0.39, 0.29) is 29.2 Å². The Hall–Kier alpha value is -2.17. The van der Waals surface area contributed by atoms with Gasteiger partial charge in [-0.25, -0.2) is 8.42 Å². The molecule has 1 aromatic heterocycles. The molecule has 31 heavy (non-hydrogen) atoms. The lowest BCUT2D eigenvalue weighted by Gasteiger charge is -2.12. The summed E-state index contributed by atoms with van der Waals surface area (Å²) in [5.41, 5.74) is 2.01. The van der Waals surface area contributed by atoms with Gasteiger partial charge in [-0.15, -0.1) is 10.2 Å². The van der Waals surface area contributed by atoms with E-state index in [1.165, 1.54) is 11.8 Å². The fourth-order valence-electron chi connectivity index (χ4n) is 3.45. The first-order valence-electron chi connectivity index (χ1n) is 9.76. The van der Waals surface area contributed by atoms with E-state index in [0.29, 0.717) is 23.9 Å². The fraction of sp³-hybridized carbons (Fsp3) is 0.286. The molecule has 4 rings (SSSR count). The molecule has 1 amide bonds. The van der Waals surface area contributed by atoms with Gasteiger partial charge in [0.05, 0.1) is 23.8 Å².